The van der Waals surface area contributed by atoms with Crippen LogP contribution in [0.5, 0.6) is 0 Å². The maximum Gasteiger partial charge on any atom is 0.165 e. The van der Waals surface area contributed by atoms with E-state index in [1.54, 1.807) is 12.1 Å². The minimum atomic E-state index is -2.95. The van der Waals surface area contributed by atoms with Gasteiger partial charge in [0.2, 0.25) is 0 Å². The number of ketones is 1. The predicted molar refractivity (Wildman–Crippen MR) is 118 cm³/mol. The van der Waals surface area contributed by atoms with Crippen molar-refractivity contribution in [1.82, 2.24) is 0 Å². The Labute approximate surface area is 190 Å². The Balaban J connectivity index is 1.49. The first-order valence-corrected chi connectivity index (χ1v) is 12.3. The third-order valence-electron chi connectivity index (χ3n) is 5.77. The van der Waals surface area contributed by atoms with Crippen LogP contribution >= 0.6 is 23.2 Å². The standard InChI is InChI=1S/C22H20Cl2FNO4S/c1-12-5-14(3-4-16(12)20(27)6-13-10-31(28,29)11-13)19-9-22(2,30-26-19)15-7-17(23)21(25)18(24)8-15/h3-5,7-8,13H,6,9-11H2,1-2H3/t22-/m0/s1. The zero-order chi connectivity index (χ0) is 22.6. The Kier molecular flexibility index (Phi) is 5.65. The van der Waals surface area contributed by atoms with Crippen LogP contribution in [-0.4, -0.2) is 31.4 Å². The molecular formula is C22H20Cl2FNO4S. The van der Waals surface area contributed by atoms with E-state index in [0.717, 1.165) is 11.1 Å². The molecule has 1 fully saturated rings. The molecular weight excluding hydrogens is 464 g/mol. The van der Waals surface area contributed by atoms with E-state index in [1.165, 1.54) is 12.1 Å². The molecule has 2 aliphatic heterocycles. The quantitative estimate of drug-likeness (QED) is 0.438. The van der Waals surface area contributed by atoms with E-state index in [-0.39, 0.29) is 39.7 Å². The van der Waals surface area contributed by atoms with E-state index in [4.69, 9.17) is 28.0 Å². The van der Waals surface area contributed by atoms with Crippen molar-refractivity contribution < 1.29 is 22.4 Å². The summed E-state index contributed by atoms with van der Waals surface area (Å²) in [7, 11) is -2.95. The Hall–Kier alpha value is -1.96. The van der Waals surface area contributed by atoms with Gasteiger partial charge in [-0.15, -0.1) is 0 Å². The number of aryl methyl sites for hydroxylation is 1. The summed E-state index contributed by atoms with van der Waals surface area (Å²) in [5, 5.41) is 4.04. The predicted octanol–water partition coefficient (Wildman–Crippen LogP) is 5.10. The number of halogens is 3. The molecule has 0 unspecified atom stereocenters. The number of hydrogen-bond donors (Lipinski definition) is 0. The van der Waals surface area contributed by atoms with Gasteiger partial charge in [0.1, 0.15) is 0 Å². The molecule has 1 atom stereocenters. The number of hydrogen-bond acceptors (Lipinski definition) is 5. The van der Waals surface area contributed by atoms with E-state index in [2.05, 4.69) is 5.16 Å². The third-order valence-corrected chi connectivity index (χ3v) is 8.28. The van der Waals surface area contributed by atoms with Crippen LogP contribution in [0, 0.1) is 18.7 Å². The lowest BCUT2D eigenvalue weighted by Crippen LogP contribution is -2.37. The first kappa shape index (κ1) is 22.2. The van der Waals surface area contributed by atoms with Crippen LogP contribution in [0.1, 0.15) is 46.8 Å². The summed E-state index contributed by atoms with van der Waals surface area (Å²) in [6, 6.07) is 8.37. The first-order chi connectivity index (χ1) is 14.5. The van der Waals surface area contributed by atoms with Crippen LogP contribution in [0.2, 0.25) is 10.0 Å². The molecule has 0 bridgehead atoms. The lowest BCUT2D eigenvalue weighted by Gasteiger charge is -2.25. The van der Waals surface area contributed by atoms with Crippen molar-refractivity contribution >= 4 is 44.5 Å². The fourth-order valence-corrected chi connectivity index (χ4v) is 6.09. The van der Waals surface area contributed by atoms with Crippen LogP contribution < -0.4 is 0 Å². The summed E-state index contributed by atoms with van der Waals surface area (Å²) in [5.41, 5.74) is 2.62. The first-order valence-electron chi connectivity index (χ1n) is 9.72. The second-order valence-corrected chi connectivity index (χ2v) is 11.4. The topological polar surface area (TPSA) is 72.8 Å². The largest absolute Gasteiger partial charge is 0.384 e. The summed E-state index contributed by atoms with van der Waals surface area (Å²) in [5.74, 6) is -0.668. The van der Waals surface area contributed by atoms with Crippen molar-refractivity contribution in [2.24, 2.45) is 11.1 Å². The average molecular weight is 484 g/mol. The molecule has 164 valence electrons. The van der Waals surface area contributed by atoms with Crippen molar-refractivity contribution in [3.8, 4) is 0 Å². The van der Waals surface area contributed by atoms with E-state index in [9.17, 15) is 17.6 Å². The van der Waals surface area contributed by atoms with Crippen LogP contribution in [0.4, 0.5) is 4.39 Å². The lowest BCUT2D eigenvalue weighted by molar-refractivity contribution is -0.00742. The van der Waals surface area contributed by atoms with Gasteiger partial charge in [-0.3, -0.25) is 4.79 Å². The number of sulfone groups is 1. The molecule has 9 heteroatoms. The van der Waals surface area contributed by atoms with Gasteiger partial charge in [0.25, 0.3) is 0 Å². The molecule has 2 aromatic carbocycles. The average Bonchev–Trinajstić information content (AvgIpc) is 3.07. The third kappa shape index (κ3) is 4.36. The molecule has 4 rings (SSSR count). The Bertz CT molecular complexity index is 1190. The molecule has 2 aromatic rings. The molecule has 31 heavy (non-hydrogen) atoms. The summed E-state index contributed by atoms with van der Waals surface area (Å²) in [6.07, 6.45) is 0.644. The zero-order valence-corrected chi connectivity index (χ0v) is 19.2. The molecule has 5 nitrogen and oxygen atoms in total. The van der Waals surface area contributed by atoms with Gasteiger partial charge in [-0.05, 0) is 49.1 Å². The molecule has 1 saturated heterocycles. The SMILES string of the molecule is Cc1cc(C2=NO[C@](C)(c3cc(Cl)c(F)c(Cl)c3)C2)ccc1C(=O)CC1CS(=O)(=O)C1. The maximum atomic E-state index is 13.8. The fourth-order valence-electron chi connectivity index (χ4n) is 4.03. The van der Waals surface area contributed by atoms with Gasteiger partial charge >= 0.3 is 0 Å². The van der Waals surface area contributed by atoms with Crippen molar-refractivity contribution in [2.45, 2.75) is 32.3 Å². The van der Waals surface area contributed by atoms with Gasteiger partial charge in [0.05, 0.1) is 27.3 Å². The molecule has 0 radical (unpaired) electrons. The smallest absolute Gasteiger partial charge is 0.165 e. The molecule has 0 aliphatic carbocycles. The molecule has 0 saturated carbocycles. The minimum absolute atomic E-state index is 0.0611. The summed E-state index contributed by atoms with van der Waals surface area (Å²) in [4.78, 5) is 18.3. The van der Waals surface area contributed by atoms with Crippen LogP contribution in [-0.2, 0) is 20.3 Å². The summed E-state index contributed by atoms with van der Waals surface area (Å²) in [6.45, 7) is 3.66. The van der Waals surface area contributed by atoms with Crippen LogP contribution in [0.3, 0.4) is 0 Å². The maximum absolute atomic E-state index is 13.8. The molecule has 0 amide bonds. The highest BCUT2D eigenvalue weighted by Gasteiger charge is 2.38. The van der Waals surface area contributed by atoms with E-state index >= 15 is 0 Å². The molecule has 0 N–H and O–H groups in total. The Morgan fingerprint density at radius 3 is 2.45 bits per heavy atom. The van der Waals surface area contributed by atoms with Gasteiger partial charge in [0, 0.05) is 24.0 Å². The normalized spacial score (nSPS) is 22.5. The lowest BCUT2D eigenvalue weighted by atomic mass is 9.88. The number of benzene rings is 2. The highest BCUT2D eigenvalue weighted by molar-refractivity contribution is 7.92. The summed E-state index contributed by atoms with van der Waals surface area (Å²) >= 11 is 11.9. The van der Waals surface area contributed by atoms with Crippen molar-refractivity contribution in [3.05, 3.63) is 68.4 Å². The van der Waals surface area contributed by atoms with Gasteiger partial charge in [-0.25, -0.2) is 12.8 Å². The van der Waals surface area contributed by atoms with E-state index in [0.29, 0.717) is 23.3 Å². The molecule has 0 aromatic heterocycles. The molecule has 0 spiro atoms. The van der Waals surface area contributed by atoms with E-state index < -0.39 is 21.3 Å². The highest BCUT2D eigenvalue weighted by Crippen LogP contribution is 2.39. The van der Waals surface area contributed by atoms with Crippen molar-refractivity contribution in [1.29, 1.82) is 0 Å². The Morgan fingerprint density at radius 2 is 1.87 bits per heavy atom. The van der Waals surface area contributed by atoms with Gasteiger partial charge < -0.3 is 4.84 Å². The zero-order valence-electron chi connectivity index (χ0n) is 16.9. The van der Waals surface area contributed by atoms with Gasteiger partial charge in [-0.2, -0.15) is 0 Å². The van der Waals surface area contributed by atoms with Crippen LogP contribution in [0.15, 0.2) is 35.5 Å². The number of Topliss-reactive ketones (excluding diaryl/α,β-unsaturated/α-hetero) is 1. The number of nitrogens with zero attached hydrogens (tertiary/aromatic N) is 1. The summed E-state index contributed by atoms with van der Waals surface area (Å²) < 4.78 is 36.4. The van der Waals surface area contributed by atoms with Crippen LogP contribution in [0.25, 0.3) is 0 Å². The highest BCUT2D eigenvalue weighted by atomic mass is 35.5. The molecule has 2 aliphatic rings. The second-order valence-electron chi connectivity index (χ2n) is 8.39. The number of carbonyl (C=O) groups is 1. The second kappa shape index (κ2) is 7.87. The number of oxime groups is 1. The van der Waals surface area contributed by atoms with Crippen molar-refractivity contribution in [2.75, 3.05) is 11.5 Å². The fraction of sp³-hybridized carbons (Fsp3) is 0.364. The van der Waals surface area contributed by atoms with Gasteiger partial charge in [0.15, 0.2) is 27.0 Å². The van der Waals surface area contributed by atoms with Crippen molar-refractivity contribution in [3.63, 3.8) is 0 Å². The van der Waals surface area contributed by atoms with Gasteiger partial charge in [-0.1, -0.05) is 40.5 Å². The minimum Gasteiger partial charge on any atom is -0.384 e. The Morgan fingerprint density at radius 1 is 1.23 bits per heavy atom. The van der Waals surface area contributed by atoms with E-state index in [1.807, 2.05) is 19.9 Å². The number of carbonyl (C=O) groups excluding carboxylic acids is 1. The monoisotopic (exact) mass is 483 g/mol. The number of rotatable bonds is 5. The molecule has 2 heterocycles.